The largest absolute Gasteiger partial charge is 0.493 e. The number of aliphatic hydroxyl groups excluding tert-OH is 1. The number of aryl methyl sites for hydroxylation is 1. The summed E-state index contributed by atoms with van der Waals surface area (Å²) in [6, 6.07) is 5.89. The molecule has 2 rings (SSSR count). The van der Waals surface area contributed by atoms with Crippen molar-refractivity contribution in [3.05, 3.63) is 29.3 Å². The zero-order chi connectivity index (χ0) is 13.8. The molecule has 1 aliphatic carbocycles. The number of aliphatic hydroxyl groups is 1. The number of nitrogens with one attached hydrogen (secondary N) is 1. The van der Waals surface area contributed by atoms with Gasteiger partial charge in [-0.05, 0) is 49.9 Å². The summed E-state index contributed by atoms with van der Waals surface area (Å²) in [5.41, 5.74) is 2.15. The molecule has 0 spiro atoms. The summed E-state index contributed by atoms with van der Waals surface area (Å²) < 4.78 is 5.58. The Kier molecular flexibility index (Phi) is 4.43. The first-order valence-electron chi connectivity index (χ1n) is 6.79. The van der Waals surface area contributed by atoms with E-state index >= 15 is 0 Å². The van der Waals surface area contributed by atoms with Gasteiger partial charge in [-0.25, -0.2) is 0 Å². The maximum atomic E-state index is 11.4. The molecule has 104 valence electrons. The fourth-order valence-electron chi connectivity index (χ4n) is 2.32. The van der Waals surface area contributed by atoms with Crippen LogP contribution >= 0.6 is 0 Å². The van der Waals surface area contributed by atoms with Crippen LogP contribution in [-0.2, 0) is 11.2 Å². The first kappa shape index (κ1) is 13.9. The summed E-state index contributed by atoms with van der Waals surface area (Å²) in [6.45, 7) is 4.25. The molecule has 0 heterocycles. The zero-order valence-corrected chi connectivity index (χ0v) is 11.5. The number of carbonyl (C=O) groups is 1. The molecule has 0 aliphatic heterocycles. The predicted octanol–water partition coefficient (Wildman–Crippen LogP) is 1.96. The minimum absolute atomic E-state index is 0.00609. The monoisotopic (exact) mass is 263 g/mol. The van der Waals surface area contributed by atoms with Crippen LogP contribution in [0.1, 0.15) is 43.9 Å². The summed E-state index contributed by atoms with van der Waals surface area (Å²) >= 11 is 0. The number of fused-ring (bicyclic) bond motifs is 1. The van der Waals surface area contributed by atoms with Gasteiger partial charge >= 0.3 is 0 Å². The standard InChI is InChI=1S/C15H21NO3/c1-10(2)16-15(18)7-8-19-12-4-5-13-11(9-12)3-6-14(13)17/h4-5,9-10,14,17H,3,6-8H2,1-2H3,(H,16,18). The lowest BCUT2D eigenvalue weighted by Gasteiger charge is -2.10. The molecule has 0 radical (unpaired) electrons. The van der Waals surface area contributed by atoms with Gasteiger partial charge < -0.3 is 15.2 Å². The Labute approximate surface area is 113 Å². The number of amides is 1. The molecular weight excluding hydrogens is 242 g/mol. The van der Waals surface area contributed by atoms with E-state index in [1.54, 1.807) is 0 Å². The van der Waals surface area contributed by atoms with Gasteiger partial charge in [0.1, 0.15) is 5.75 Å². The summed E-state index contributed by atoms with van der Waals surface area (Å²) in [6.07, 6.45) is 1.70. The lowest BCUT2D eigenvalue weighted by atomic mass is 10.1. The van der Waals surface area contributed by atoms with Crippen LogP contribution in [0.15, 0.2) is 18.2 Å². The molecule has 1 aromatic carbocycles. The van der Waals surface area contributed by atoms with Crippen molar-refractivity contribution in [3.63, 3.8) is 0 Å². The lowest BCUT2D eigenvalue weighted by molar-refractivity contribution is -0.122. The minimum atomic E-state index is -0.333. The smallest absolute Gasteiger partial charge is 0.223 e. The zero-order valence-electron chi connectivity index (χ0n) is 11.5. The minimum Gasteiger partial charge on any atom is -0.493 e. The topological polar surface area (TPSA) is 58.6 Å². The molecule has 1 unspecified atom stereocenters. The Bertz CT molecular complexity index is 457. The molecular formula is C15H21NO3. The summed E-state index contributed by atoms with van der Waals surface area (Å²) in [5.74, 6) is 0.775. The average Bonchev–Trinajstić information content (AvgIpc) is 2.70. The van der Waals surface area contributed by atoms with Crippen LogP contribution in [0.25, 0.3) is 0 Å². The van der Waals surface area contributed by atoms with Crippen molar-refractivity contribution in [2.75, 3.05) is 6.61 Å². The van der Waals surface area contributed by atoms with Gasteiger partial charge in [-0.1, -0.05) is 6.07 Å². The number of hydrogen-bond donors (Lipinski definition) is 2. The lowest BCUT2D eigenvalue weighted by Crippen LogP contribution is -2.31. The molecule has 1 aliphatic rings. The molecule has 0 bridgehead atoms. The molecule has 0 saturated carbocycles. The normalized spacial score (nSPS) is 17.4. The molecule has 1 aromatic rings. The SMILES string of the molecule is CC(C)NC(=O)CCOc1ccc2c(c1)CCC2O. The number of rotatable bonds is 5. The van der Waals surface area contributed by atoms with Gasteiger partial charge in [0.2, 0.25) is 5.91 Å². The van der Waals surface area contributed by atoms with Crippen LogP contribution in [-0.4, -0.2) is 23.7 Å². The van der Waals surface area contributed by atoms with E-state index in [1.165, 1.54) is 0 Å². The molecule has 4 nitrogen and oxygen atoms in total. The van der Waals surface area contributed by atoms with E-state index in [0.29, 0.717) is 13.0 Å². The van der Waals surface area contributed by atoms with Gasteiger partial charge in [0, 0.05) is 6.04 Å². The highest BCUT2D eigenvalue weighted by Gasteiger charge is 2.20. The quantitative estimate of drug-likeness (QED) is 0.853. The van der Waals surface area contributed by atoms with Crippen molar-refractivity contribution >= 4 is 5.91 Å². The summed E-state index contributed by atoms with van der Waals surface area (Å²) in [7, 11) is 0. The second-order valence-corrected chi connectivity index (χ2v) is 5.24. The van der Waals surface area contributed by atoms with E-state index in [-0.39, 0.29) is 18.1 Å². The van der Waals surface area contributed by atoms with Crippen LogP contribution in [0.3, 0.4) is 0 Å². The number of carbonyl (C=O) groups excluding carboxylic acids is 1. The molecule has 0 saturated heterocycles. The van der Waals surface area contributed by atoms with Crippen LogP contribution < -0.4 is 10.1 Å². The Hall–Kier alpha value is -1.55. The highest BCUT2D eigenvalue weighted by Crippen LogP contribution is 2.33. The highest BCUT2D eigenvalue weighted by molar-refractivity contribution is 5.76. The number of benzene rings is 1. The van der Waals surface area contributed by atoms with E-state index in [4.69, 9.17) is 4.74 Å². The van der Waals surface area contributed by atoms with Crippen LogP contribution in [0.5, 0.6) is 5.75 Å². The van der Waals surface area contributed by atoms with Gasteiger partial charge in [-0.2, -0.15) is 0 Å². The van der Waals surface area contributed by atoms with Crippen LogP contribution in [0.4, 0.5) is 0 Å². The molecule has 0 fully saturated rings. The second-order valence-electron chi connectivity index (χ2n) is 5.24. The Balaban J connectivity index is 1.83. The van der Waals surface area contributed by atoms with Crippen molar-refractivity contribution in [3.8, 4) is 5.75 Å². The Morgan fingerprint density at radius 2 is 2.32 bits per heavy atom. The van der Waals surface area contributed by atoms with Gasteiger partial charge in [0.05, 0.1) is 19.1 Å². The van der Waals surface area contributed by atoms with Gasteiger partial charge in [0.25, 0.3) is 0 Å². The van der Waals surface area contributed by atoms with E-state index in [2.05, 4.69) is 5.32 Å². The molecule has 1 atom stereocenters. The van der Waals surface area contributed by atoms with Gasteiger partial charge in [-0.15, -0.1) is 0 Å². The average molecular weight is 263 g/mol. The van der Waals surface area contributed by atoms with Gasteiger partial charge in [-0.3, -0.25) is 4.79 Å². The number of ether oxygens (including phenoxy) is 1. The van der Waals surface area contributed by atoms with Crippen molar-refractivity contribution in [2.45, 2.75) is 45.3 Å². The Morgan fingerprint density at radius 3 is 3.05 bits per heavy atom. The molecule has 2 N–H and O–H groups in total. The third-order valence-electron chi connectivity index (χ3n) is 3.21. The van der Waals surface area contributed by atoms with Crippen molar-refractivity contribution < 1.29 is 14.6 Å². The first-order chi connectivity index (χ1) is 9.06. The van der Waals surface area contributed by atoms with E-state index in [9.17, 15) is 9.90 Å². The van der Waals surface area contributed by atoms with Gasteiger partial charge in [0.15, 0.2) is 0 Å². The van der Waals surface area contributed by atoms with Crippen LogP contribution in [0, 0.1) is 0 Å². The highest BCUT2D eigenvalue weighted by atomic mass is 16.5. The van der Waals surface area contributed by atoms with Crippen molar-refractivity contribution in [2.24, 2.45) is 0 Å². The fraction of sp³-hybridized carbons (Fsp3) is 0.533. The number of hydrogen-bond acceptors (Lipinski definition) is 3. The Morgan fingerprint density at radius 1 is 1.53 bits per heavy atom. The van der Waals surface area contributed by atoms with E-state index < -0.39 is 0 Å². The molecule has 4 heteroatoms. The fourth-order valence-corrected chi connectivity index (χ4v) is 2.32. The second kappa shape index (κ2) is 6.06. The summed E-state index contributed by atoms with van der Waals surface area (Å²) in [4.78, 5) is 11.4. The first-order valence-corrected chi connectivity index (χ1v) is 6.79. The predicted molar refractivity (Wildman–Crippen MR) is 73.1 cm³/mol. The maximum Gasteiger partial charge on any atom is 0.223 e. The molecule has 19 heavy (non-hydrogen) atoms. The maximum absolute atomic E-state index is 11.4. The summed E-state index contributed by atoms with van der Waals surface area (Å²) in [5, 5.41) is 12.5. The van der Waals surface area contributed by atoms with Crippen LogP contribution in [0.2, 0.25) is 0 Å². The van der Waals surface area contributed by atoms with E-state index in [1.807, 2.05) is 32.0 Å². The third-order valence-corrected chi connectivity index (χ3v) is 3.21. The van der Waals surface area contributed by atoms with E-state index in [0.717, 1.165) is 29.7 Å². The third kappa shape index (κ3) is 3.70. The van der Waals surface area contributed by atoms with Crippen molar-refractivity contribution in [1.82, 2.24) is 5.32 Å². The van der Waals surface area contributed by atoms with Crippen molar-refractivity contribution in [1.29, 1.82) is 0 Å². The molecule has 1 amide bonds. The molecule has 0 aromatic heterocycles.